The van der Waals surface area contributed by atoms with E-state index in [9.17, 15) is 17.6 Å². The summed E-state index contributed by atoms with van der Waals surface area (Å²) in [5, 5.41) is 4.60. The van der Waals surface area contributed by atoms with Crippen LogP contribution in [0.25, 0.3) is 0 Å². The van der Waals surface area contributed by atoms with Crippen molar-refractivity contribution in [2.45, 2.75) is 18.7 Å². The first-order valence-electron chi connectivity index (χ1n) is 5.32. The smallest absolute Gasteiger partial charge is 0.339 e. The molecule has 0 aromatic heterocycles. The molecule has 1 rings (SSSR count). The molecule has 0 heterocycles. The first kappa shape index (κ1) is 15.9. The summed E-state index contributed by atoms with van der Waals surface area (Å²) in [6.45, 7) is 3.79. The molecule has 8 heteroatoms. The molecule has 0 spiro atoms. The van der Waals surface area contributed by atoms with Crippen LogP contribution in [0, 0.1) is 11.7 Å². The Morgan fingerprint density at radius 1 is 1.47 bits per heavy atom. The Labute approximate surface area is 115 Å². The van der Waals surface area contributed by atoms with Gasteiger partial charge in [-0.1, -0.05) is 25.4 Å². The Morgan fingerprint density at radius 3 is 2.53 bits per heavy atom. The number of sulfonamides is 1. The standard InChI is InChI=1S/C11H13ClFNO4S/c1-6(2)5-18-11(15)7-3-10(19(14,16)17)9(13)4-8(7)12/h3-4,6H,5H2,1-2H3,(H2,14,16,17). The lowest BCUT2D eigenvalue weighted by Gasteiger charge is -2.10. The van der Waals surface area contributed by atoms with E-state index in [-0.39, 0.29) is 23.1 Å². The summed E-state index contributed by atoms with van der Waals surface area (Å²) >= 11 is 5.69. The maximum absolute atomic E-state index is 13.4. The molecule has 5 nitrogen and oxygen atoms in total. The molecule has 0 bridgehead atoms. The van der Waals surface area contributed by atoms with Crippen molar-refractivity contribution in [1.29, 1.82) is 0 Å². The number of ether oxygens (including phenoxy) is 1. The lowest BCUT2D eigenvalue weighted by atomic mass is 10.2. The Morgan fingerprint density at radius 2 is 2.05 bits per heavy atom. The second-order valence-corrected chi connectivity index (χ2v) is 6.24. The molecule has 0 saturated carbocycles. The average molecular weight is 310 g/mol. The van der Waals surface area contributed by atoms with Crippen molar-refractivity contribution in [3.05, 3.63) is 28.5 Å². The molecule has 0 amide bonds. The topological polar surface area (TPSA) is 86.5 Å². The van der Waals surface area contributed by atoms with E-state index in [1.54, 1.807) is 0 Å². The van der Waals surface area contributed by atoms with Crippen LogP contribution in [0.1, 0.15) is 24.2 Å². The predicted molar refractivity (Wildman–Crippen MR) is 67.9 cm³/mol. The summed E-state index contributed by atoms with van der Waals surface area (Å²) in [7, 11) is -4.28. The lowest BCUT2D eigenvalue weighted by Crippen LogP contribution is -2.16. The Hall–Kier alpha value is -1.18. The normalized spacial score (nSPS) is 11.7. The van der Waals surface area contributed by atoms with Crippen LogP contribution in [-0.4, -0.2) is 21.0 Å². The quantitative estimate of drug-likeness (QED) is 0.861. The van der Waals surface area contributed by atoms with Crippen molar-refractivity contribution in [3.63, 3.8) is 0 Å². The van der Waals surface area contributed by atoms with Crippen LogP contribution in [0.2, 0.25) is 5.02 Å². The van der Waals surface area contributed by atoms with Crippen molar-refractivity contribution in [2.24, 2.45) is 11.1 Å². The molecule has 106 valence electrons. The van der Waals surface area contributed by atoms with Crippen molar-refractivity contribution >= 4 is 27.6 Å². The zero-order valence-corrected chi connectivity index (χ0v) is 11.9. The maximum atomic E-state index is 13.4. The first-order chi connectivity index (χ1) is 8.62. The fraction of sp³-hybridized carbons (Fsp3) is 0.364. The van der Waals surface area contributed by atoms with Gasteiger partial charge in [0, 0.05) is 0 Å². The van der Waals surface area contributed by atoms with E-state index in [0.29, 0.717) is 6.07 Å². The van der Waals surface area contributed by atoms with E-state index in [0.717, 1.165) is 6.07 Å². The molecular weight excluding hydrogens is 297 g/mol. The maximum Gasteiger partial charge on any atom is 0.339 e. The van der Waals surface area contributed by atoms with E-state index in [1.165, 1.54) is 0 Å². The third kappa shape index (κ3) is 4.15. The van der Waals surface area contributed by atoms with E-state index in [1.807, 2.05) is 13.8 Å². The monoisotopic (exact) mass is 309 g/mol. The van der Waals surface area contributed by atoms with Gasteiger partial charge in [0.2, 0.25) is 10.0 Å². The van der Waals surface area contributed by atoms with Gasteiger partial charge in [0.1, 0.15) is 10.7 Å². The van der Waals surface area contributed by atoms with Crippen LogP contribution in [-0.2, 0) is 14.8 Å². The summed E-state index contributed by atoms with van der Waals surface area (Å²) in [4.78, 5) is 10.9. The van der Waals surface area contributed by atoms with Crippen molar-refractivity contribution < 1.29 is 22.3 Å². The van der Waals surface area contributed by atoms with Crippen molar-refractivity contribution in [2.75, 3.05) is 6.61 Å². The van der Waals surface area contributed by atoms with Gasteiger partial charge >= 0.3 is 5.97 Å². The average Bonchev–Trinajstić information content (AvgIpc) is 2.24. The van der Waals surface area contributed by atoms with Crippen LogP contribution in [0.3, 0.4) is 0 Å². The summed E-state index contributed by atoms with van der Waals surface area (Å²) in [6, 6.07) is 1.49. The number of esters is 1. The predicted octanol–water partition coefficient (Wildman–Crippen LogP) is 1.94. The number of carbonyl (C=O) groups is 1. The van der Waals surface area contributed by atoms with Gasteiger partial charge in [0.25, 0.3) is 0 Å². The highest BCUT2D eigenvalue weighted by molar-refractivity contribution is 7.89. The van der Waals surface area contributed by atoms with Crippen LogP contribution < -0.4 is 5.14 Å². The molecule has 0 atom stereocenters. The molecule has 1 aromatic carbocycles. The third-order valence-corrected chi connectivity index (χ3v) is 3.33. The van der Waals surface area contributed by atoms with E-state index in [2.05, 4.69) is 0 Å². The molecule has 0 aliphatic heterocycles. The zero-order valence-electron chi connectivity index (χ0n) is 10.3. The van der Waals surface area contributed by atoms with Crippen LogP contribution >= 0.6 is 11.6 Å². The molecule has 0 aliphatic carbocycles. The Kier molecular flexibility index (Phi) is 4.89. The highest BCUT2D eigenvalue weighted by atomic mass is 35.5. The van der Waals surface area contributed by atoms with E-state index >= 15 is 0 Å². The van der Waals surface area contributed by atoms with Gasteiger partial charge in [-0.3, -0.25) is 0 Å². The molecule has 0 unspecified atom stereocenters. The summed E-state index contributed by atoms with van der Waals surface area (Å²) in [5.74, 6) is -1.85. The fourth-order valence-electron chi connectivity index (χ4n) is 1.22. The third-order valence-electron chi connectivity index (χ3n) is 2.10. The molecular formula is C11H13ClFNO4S. The number of carbonyl (C=O) groups excluding carboxylic acids is 1. The summed E-state index contributed by atoms with van der Waals surface area (Å²) < 4.78 is 40.6. The first-order valence-corrected chi connectivity index (χ1v) is 7.24. The largest absolute Gasteiger partial charge is 0.462 e. The molecule has 19 heavy (non-hydrogen) atoms. The summed E-state index contributed by atoms with van der Waals surface area (Å²) in [6.07, 6.45) is 0. The zero-order chi connectivity index (χ0) is 14.8. The molecule has 2 N–H and O–H groups in total. The second-order valence-electron chi connectivity index (χ2n) is 4.30. The number of hydrogen-bond donors (Lipinski definition) is 1. The van der Waals surface area contributed by atoms with Crippen LogP contribution in [0.5, 0.6) is 0 Å². The van der Waals surface area contributed by atoms with Crippen molar-refractivity contribution in [3.8, 4) is 0 Å². The SMILES string of the molecule is CC(C)COC(=O)c1cc(S(N)(=O)=O)c(F)cc1Cl. The molecule has 0 radical (unpaired) electrons. The summed E-state index contributed by atoms with van der Waals surface area (Å²) in [5.41, 5.74) is -0.243. The lowest BCUT2D eigenvalue weighted by molar-refractivity contribution is 0.0459. The highest BCUT2D eigenvalue weighted by Crippen LogP contribution is 2.24. The molecule has 0 aliphatic rings. The Bertz CT molecular complexity index is 601. The fourth-order valence-corrected chi connectivity index (χ4v) is 2.06. The minimum Gasteiger partial charge on any atom is -0.462 e. The number of benzene rings is 1. The molecule has 0 fully saturated rings. The van der Waals surface area contributed by atoms with Gasteiger partial charge in [-0.25, -0.2) is 22.7 Å². The number of primary sulfonamides is 1. The minimum absolute atomic E-state index is 0.0980. The molecule has 1 aromatic rings. The van der Waals surface area contributed by atoms with Crippen LogP contribution in [0.15, 0.2) is 17.0 Å². The Balaban J connectivity index is 3.19. The van der Waals surface area contributed by atoms with Gasteiger partial charge in [0.05, 0.1) is 17.2 Å². The van der Waals surface area contributed by atoms with Crippen LogP contribution in [0.4, 0.5) is 4.39 Å². The second kappa shape index (κ2) is 5.85. The minimum atomic E-state index is -4.28. The number of nitrogens with two attached hydrogens (primary N) is 1. The number of rotatable bonds is 4. The number of halogens is 2. The van der Waals surface area contributed by atoms with Gasteiger partial charge in [0.15, 0.2) is 0 Å². The molecule has 0 saturated heterocycles. The van der Waals surface area contributed by atoms with Gasteiger partial charge in [-0.15, -0.1) is 0 Å². The van der Waals surface area contributed by atoms with Gasteiger partial charge < -0.3 is 4.74 Å². The van der Waals surface area contributed by atoms with E-state index < -0.39 is 26.7 Å². The van der Waals surface area contributed by atoms with Gasteiger partial charge in [-0.2, -0.15) is 0 Å². The number of hydrogen-bond acceptors (Lipinski definition) is 4. The van der Waals surface area contributed by atoms with Gasteiger partial charge in [-0.05, 0) is 18.1 Å². The van der Waals surface area contributed by atoms with E-state index in [4.69, 9.17) is 21.5 Å². The highest BCUT2D eigenvalue weighted by Gasteiger charge is 2.21. The van der Waals surface area contributed by atoms with Crippen molar-refractivity contribution in [1.82, 2.24) is 0 Å².